The molecular formula is C32H43N3O. The molecule has 3 atom stereocenters. The average Bonchev–Trinajstić information content (AvgIpc) is 3.26. The number of nitrogens with one attached hydrogen (secondary N) is 1. The molecule has 0 aromatic heterocycles. The largest absolute Gasteiger partial charge is 0.491 e. The molecule has 36 heavy (non-hydrogen) atoms. The van der Waals surface area contributed by atoms with E-state index in [-0.39, 0.29) is 23.1 Å². The van der Waals surface area contributed by atoms with E-state index < -0.39 is 0 Å². The van der Waals surface area contributed by atoms with E-state index in [0.29, 0.717) is 6.04 Å². The van der Waals surface area contributed by atoms with Gasteiger partial charge in [-0.2, -0.15) is 0 Å². The fraction of sp³-hybridized carbons (Fsp3) is 0.500. The van der Waals surface area contributed by atoms with Crippen molar-refractivity contribution >= 4 is 0 Å². The first kappa shape index (κ1) is 25.3. The maximum atomic E-state index is 6.71. The molecule has 3 N–H and O–H groups in total. The summed E-state index contributed by atoms with van der Waals surface area (Å²) in [6.45, 7) is 12.1. The maximum Gasteiger partial charge on any atom is 0.108 e. The molecule has 0 bridgehead atoms. The summed E-state index contributed by atoms with van der Waals surface area (Å²) < 4.78 is 6.65. The van der Waals surface area contributed by atoms with Gasteiger partial charge in [0, 0.05) is 24.0 Å². The highest BCUT2D eigenvalue weighted by molar-refractivity contribution is 5.42. The summed E-state index contributed by atoms with van der Waals surface area (Å²) in [5.41, 5.74) is 11.5. The first-order chi connectivity index (χ1) is 17.2. The second-order valence-corrected chi connectivity index (χ2v) is 11.8. The number of piperidine rings is 1. The Morgan fingerprint density at radius 3 is 2.14 bits per heavy atom. The number of likely N-dealkylation sites (tertiary alicyclic amines) is 1. The number of nitrogens with two attached hydrogens (primary N) is 1. The third-order valence-corrected chi connectivity index (χ3v) is 8.76. The number of hydrogen-bond donors (Lipinski definition) is 2. The predicted octanol–water partition coefficient (Wildman–Crippen LogP) is 5.97. The molecule has 1 aliphatic carbocycles. The van der Waals surface area contributed by atoms with Crippen molar-refractivity contribution in [2.75, 3.05) is 19.6 Å². The van der Waals surface area contributed by atoms with E-state index in [1.807, 2.05) is 0 Å². The zero-order valence-corrected chi connectivity index (χ0v) is 22.5. The van der Waals surface area contributed by atoms with Gasteiger partial charge in [0.2, 0.25) is 0 Å². The zero-order chi connectivity index (χ0) is 25.3. The van der Waals surface area contributed by atoms with E-state index in [1.165, 1.54) is 35.1 Å². The SMILES string of the molecule is CC1=CC(C)(N)C2C[C@@](C)(CCN3CCC(NC(c4ccccc4)c4ccccc4)CC3)OC2=C1C. The third-order valence-electron chi connectivity index (χ3n) is 8.76. The molecule has 2 aromatic rings. The molecule has 2 heterocycles. The average molecular weight is 486 g/mol. The lowest BCUT2D eigenvalue weighted by Crippen LogP contribution is -2.45. The van der Waals surface area contributed by atoms with Crippen LogP contribution in [0.4, 0.5) is 0 Å². The van der Waals surface area contributed by atoms with Gasteiger partial charge in [-0.25, -0.2) is 0 Å². The molecule has 2 saturated heterocycles. The van der Waals surface area contributed by atoms with E-state index in [9.17, 15) is 0 Å². The second kappa shape index (κ2) is 10.2. The van der Waals surface area contributed by atoms with Gasteiger partial charge in [-0.15, -0.1) is 0 Å². The summed E-state index contributed by atoms with van der Waals surface area (Å²) >= 11 is 0. The lowest BCUT2D eigenvalue weighted by molar-refractivity contribution is 0.0345. The highest BCUT2D eigenvalue weighted by Gasteiger charge is 2.49. The van der Waals surface area contributed by atoms with Crippen molar-refractivity contribution < 1.29 is 4.74 Å². The van der Waals surface area contributed by atoms with Crippen molar-refractivity contribution in [2.45, 2.75) is 76.6 Å². The summed E-state index contributed by atoms with van der Waals surface area (Å²) in [6.07, 6.45) is 6.63. The van der Waals surface area contributed by atoms with Gasteiger partial charge in [0.1, 0.15) is 11.4 Å². The smallest absolute Gasteiger partial charge is 0.108 e. The topological polar surface area (TPSA) is 50.5 Å². The summed E-state index contributed by atoms with van der Waals surface area (Å²) in [4.78, 5) is 2.63. The van der Waals surface area contributed by atoms with Crippen LogP contribution in [-0.2, 0) is 4.74 Å². The van der Waals surface area contributed by atoms with Gasteiger partial charge in [-0.3, -0.25) is 0 Å². The third kappa shape index (κ3) is 5.32. The number of nitrogens with zero attached hydrogens (tertiary/aromatic N) is 1. The molecule has 4 heteroatoms. The van der Waals surface area contributed by atoms with Crippen LogP contribution in [0.25, 0.3) is 0 Å². The number of hydrogen-bond acceptors (Lipinski definition) is 4. The monoisotopic (exact) mass is 485 g/mol. The van der Waals surface area contributed by atoms with Gasteiger partial charge in [0.05, 0.1) is 6.04 Å². The minimum Gasteiger partial charge on any atom is -0.491 e. The summed E-state index contributed by atoms with van der Waals surface area (Å²) in [5, 5.41) is 3.99. The Balaban J connectivity index is 1.16. The Kier molecular flexibility index (Phi) is 7.13. The molecule has 2 aliphatic heterocycles. The van der Waals surface area contributed by atoms with Crippen LogP contribution < -0.4 is 11.1 Å². The predicted molar refractivity (Wildman–Crippen MR) is 149 cm³/mol. The molecule has 5 rings (SSSR count). The molecule has 2 aromatic carbocycles. The summed E-state index contributed by atoms with van der Waals surface area (Å²) in [7, 11) is 0. The molecule has 2 unspecified atom stereocenters. The van der Waals surface area contributed by atoms with E-state index >= 15 is 0 Å². The number of allylic oxidation sites excluding steroid dienone is 2. The molecular weight excluding hydrogens is 442 g/mol. The first-order valence-corrected chi connectivity index (χ1v) is 13.7. The van der Waals surface area contributed by atoms with Gasteiger partial charge < -0.3 is 20.7 Å². The second-order valence-electron chi connectivity index (χ2n) is 11.8. The molecule has 2 fully saturated rings. The van der Waals surface area contributed by atoms with Crippen LogP contribution in [0.3, 0.4) is 0 Å². The number of fused-ring (bicyclic) bond motifs is 1. The van der Waals surface area contributed by atoms with Crippen LogP contribution in [0.5, 0.6) is 0 Å². The van der Waals surface area contributed by atoms with Crippen molar-refractivity contribution in [3.63, 3.8) is 0 Å². The fourth-order valence-corrected chi connectivity index (χ4v) is 6.40. The Morgan fingerprint density at radius 2 is 1.56 bits per heavy atom. The molecule has 0 saturated carbocycles. The highest BCUT2D eigenvalue weighted by atomic mass is 16.5. The van der Waals surface area contributed by atoms with Crippen molar-refractivity contribution in [3.05, 3.63) is 94.8 Å². The molecule has 0 amide bonds. The van der Waals surface area contributed by atoms with Crippen LogP contribution in [0.15, 0.2) is 83.6 Å². The lowest BCUT2D eigenvalue weighted by atomic mass is 9.74. The number of benzene rings is 2. The van der Waals surface area contributed by atoms with Gasteiger partial charge in [-0.05, 0) is 88.7 Å². The maximum absolute atomic E-state index is 6.71. The number of ether oxygens (including phenoxy) is 1. The van der Waals surface area contributed by atoms with Gasteiger partial charge in [0.15, 0.2) is 0 Å². The van der Waals surface area contributed by atoms with E-state index in [4.69, 9.17) is 10.5 Å². The van der Waals surface area contributed by atoms with Gasteiger partial charge >= 0.3 is 0 Å². The number of rotatable bonds is 7. The van der Waals surface area contributed by atoms with Crippen LogP contribution in [0.1, 0.15) is 70.5 Å². The molecule has 192 valence electrons. The van der Waals surface area contributed by atoms with Crippen LogP contribution >= 0.6 is 0 Å². The van der Waals surface area contributed by atoms with E-state index in [1.54, 1.807) is 0 Å². The Bertz CT molecular complexity index is 1060. The quantitative estimate of drug-likeness (QED) is 0.508. The van der Waals surface area contributed by atoms with Crippen LogP contribution in [0, 0.1) is 5.92 Å². The molecule has 0 spiro atoms. The summed E-state index contributed by atoms with van der Waals surface area (Å²) in [6, 6.07) is 22.4. The zero-order valence-electron chi connectivity index (χ0n) is 22.5. The van der Waals surface area contributed by atoms with Crippen molar-refractivity contribution in [2.24, 2.45) is 11.7 Å². The minimum atomic E-state index is -0.325. The molecule has 4 nitrogen and oxygen atoms in total. The lowest BCUT2D eigenvalue weighted by Gasteiger charge is -2.36. The van der Waals surface area contributed by atoms with E-state index in [2.05, 4.69) is 105 Å². The first-order valence-electron chi connectivity index (χ1n) is 13.7. The normalized spacial score (nSPS) is 29.3. The minimum absolute atomic E-state index is 0.138. The highest BCUT2D eigenvalue weighted by Crippen LogP contribution is 2.49. The van der Waals surface area contributed by atoms with Crippen molar-refractivity contribution in [1.29, 1.82) is 0 Å². The van der Waals surface area contributed by atoms with Gasteiger partial charge in [-0.1, -0.05) is 66.7 Å². The van der Waals surface area contributed by atoms with E-state index in [0.717, 1.165) is 38.2 Å². The van der Waals surface area contributed by atoms with Crippen LogP contribution in [0.2, 0.25) is 0 Å². The summed E-state index contributed by atoms with van der Waals surface area (Å²) in [5.74, 6) is 1.42. The van der Waals surface area contributed by atoms with Crippen LogP contribution in [-0.4, -0.2) is 41.7 Å². The molecule has 3 aliphatic rings. The Morgan fingerprint density at radius 1 is 0.972 bits per heavy atom. The fourth-order valence-electron chi connectivity index (χ4n) is 6.40. The Hall–Kier alpha value is -2.40. The standard InChI is InChI=1S/C32H43N3O/c1-23-21-32(4,33)28-22-31(3,36-30(28)24(23)2)17-20-35-18-15-27(16-19-35)34-29(25-11-7-5-8-12-25)26-13-9-6-10-14-26/h5-14,21,27-29,34H,15-20,22,33H2,1-4H3/t28?,31-,32?/m1/s1. The van der Waals surface area contributed by atoms with Crippen molar-refractivity contribution in [1.82, 2.24) is 10.2 Å². The van der Waals surface area contributed by atoms with Gasteiger partial charge in [0.25, 0.3) is 0 Å². The van der Waals surface area contributed by atoms with Crippen molar-refractivity contribution in [3.8, 4) is 0 Å². The molecule has 0 radical (unpaired) electrons. The Labute approximate surface area is 217 Å².